The second-order valence-corrected chi connectivity index (χ2v) is 4.58. The van der Waals surface area contributed by atoms with Crippen molar-refractivity contribution in [1.29, 1.82) is 0 Å². The zero-order valence-corrected chi connectivity index (χ0v) is 9.00. The Balaban J connectivity index is 2.06. The highest BCUT2D eigenvalue weighted by Gasteiger charge is 2.43. The Morgan fingerprint density at radius 2 is 2.21 bits per heavy atom. The lowest BCUT2D eigenvalue weighted by Crippen LogP contribution is -2.49. The Hall–Kier alpha value is -0.120. The molecule has 2 rings (SSSR count). The van der Waals surface area contributed by atoms with E-state index >= 15 is 0 Å². The molecule has 3 nitrogen and oxygen atoms in total. The third kappa shape index (κ3) is 1.81. The molecule has 2 heterocycles. The number of ether oxygens (including phenoxy) is 2. The molecule has 3 atom stereocenters. The summed E-state index contributed by atoms with van der Waals surface area (Å²) in [7, 11) is 0. The van der Waals surface area contributed by atoms with Crippen molar-refractivity contribution in [3.05, 3.63) is 0 Å². The van der Waals surface area contributed by atoms with E-state index in [1.165, 1.54) is 0 Å². The van der Waals surface area contributed by atoms with Crippen molar-refractivity contribution in [1.82, 2.24) is 0 Å². The van der Waals surface area contributed by atoms with Crippen LogP contribution in [0.25, 0.3) is 0 Å². The van der Waals surface area contributed by atoms with Gasteiger partial charge in [0.25, 0.3) is 0 Å². The summed E-state index contributed by atoms with van der Waals surface area (Å²) in [6.07, 6.45) is 4.22. The van der Waals surface area contributed by atoms with Gasteiger partial charge in [-0.15, -0.1) is 0 Å². The Morgan fingerprint density at radius 1 is 1.36 bits per heavy atom. The molecule has 2 aliphatic heterocycles. The van der Waals surface area contributed by atoms with Crippen LogP contribution in [0.15, 0.2) is 0 Å². The first kappa shape index (κ1) is 10.4. The van der Waals surface area contributed by atoms with E-state index in [0.29, 0.717) is 12.0 Å². The van der Waals surface area contributed by atoms with Crippen LogP contribution in [-0.2, 0) is 9.47 Å². The Bertz CT molecular complexity index is 192. The fourth-order valence-corrected chi connectivity index (χ4v) is 2.79. The fourth-order valence-electron chi connectivity index (χ4n) is 2.79. The fraction of sp³-hybridized carbons (Fsp3) is 1.00. The van der Waals surface area contributed by atoms with Crippen molar-refractivity contribution in [2.45, 2.75) is 44.2 Å². The van der Waals surface area contributed by atoms with Crippen LogP contribution in [0.3, 0.4) is 0 Å². The van der Waals surface area contributed by atoms with E-state index in [2.05, 4.69) is 6.92 Å². The smallest absolute Gasteiger partial charge is 0.0745 e. The first-order valence-corrected chi connectivity index (χ1v) is 5.74. The maximum Gasteiger partial charge on any atom is 0.0745 e. The van der Waals surface area contributed by atoms with Crippen LogP contribution in [0, 0.1) is 5.92 Å². The minimum Gasteiger partial charge on any atom is -0.381 e. The molecule has 3 heteroatoms. The van der Waals surface area contributed by atoms with Crippen molar-refractivity contribution in [3.8, 4) is 0 Å². The van der Waals surface area contributed by atoms with Crippen LogP contribution in [0.4, 0.5) is 0 Å². The van der Waals surface area contributed by atoms with Crippen molar-refractivity contribution < 1.29 is 9.47 Å². The Morgan fingerprint density at radius 3 is 2.79 bits per heavy atom. The van der Waals surface area contributed by atoms with Crippen LogP contribution >= 0.6 is 0 Å². The third-order valence-corrected chi connectivity index (χ3v) is 3.76. The molecule has 2 saturated heterocycles. The van der Waals surface area contributed by atoms with Crippen molar-refractivity contribution in [2.75, 3.05) is 19.8 Å². The monoisotopic (exact) mass is 199 g/mol. The van der Waals surface area contributed by atoms with Gasteiger partial charge in [-0.2, -0.15) is 0 Å². The van der Waals surface area contributed by atoms with Gasteiger partial charge in [-0.3, -0.25) is 0 Å². The maximum absolute atomic E-state index is 6.03. The summed E-state index contributed by atoms with van der Waals surface area (Å²) in [5, 5.41) is 0. The normalized spacial score (nSPS) is 44.1. The number of hydrogen-bond donors (Lipinski definition) is 1. The molecular weight excluding hydrogens is 178 g/mol. The van der Waals surface area contributed by atoms with Gasteiger partial charge < -0.3 is 15.2 Å². The molecule has 0 aromatic carbocycles. The SMILES string of the molecule is CCC1(C2CCOC2)CC(N)CCO1. The van der Waals surface area contributed by atoms with Crippen LogP contribution in [0.2, 0.25) is 0 Å². The molecule has 0 bridgehead atoms. The predicted molar refractivity (Wildman–Crippen MR) is 55.1 cm³/mol. The van der Waals surface area contributed by atoms with Gasteiger partial charge in [-0.25, -0.2) is 0 Å². The van der Waals surface area contributed by atoms with Crippen molar-refractivity contribution >= 4 is 0 Å². The standard InChI is InChI=1S/C11H21NO2/c1-2-11(9-3-5-13-8-9)7-10(12)4-6-14-11/h9-10H,2-8,12H2,1H3. The average molecular weight is 199 g/mol. The predicted octanol–water partition coefficient (Wildman–Crippen LogP) is 1.31. The third-order valence-electron chi connectivity index (χ3n) is 3.76. The topological polar surface area (TPSA) is 44.5 Å². The Kier molecular flexibility index (Phi) is 3.10. The molecule has 0 radical (unpaired) electrons. The number of rotatable bonds is 2. The second kappa shape index (κ2) is 4.17. The molecule has 2 aliphatic rings. The highest BCUT2D eigenvalue weighted by atomic mass is 16.5. The molecule has 2 N–H and O–H groups in total. The highest BCUT2D eigenvalue weighted by molar-refractivity contribution is 4.94. The summed E-state index contributed by atoms with van der Waals surface area (Å²) < 4.78 is 11.5. The van der Waals surface area contributed by atoms with E-state index in [9.17, 15) is 0 Å². The summed E-state index contributed by atoms with van der Waals surface area (Å²) >= 11 is 0. The molecule has 0 aromatic rings. The summed E-state index contributed by atoms with van der Waals surface area (Å²) in [4.78, 5) is 0. The second-order valence-electron chi connectivity index (χ2n) is 4.58. The van der Waals surface area contributed by atoms with Gasteiger partial charge in [-0.1, -0.05) is 6.92 Å². The molecule has 0 aromatic heterocycles. The summed E-state index contributed by atoms with van der Waals surface area (Å²) in [5.41, 5.74) is 6.05. The van der Waals surface area contributed by atoms with E-state index in [4.69, 9.17) is 15.2 Å². The maximum atomic E-state index is 6.03. The molecule has 3 unspecified atom stereocenters. The number of nitrogens with two attached hydrogens (primary N) is 1. The summed E-state index contributed by atoms with van der Waals surface area (Å²) in [5.74, 6) is 0.568. The van der Waals surface area contributed by atoms with Gasteiger partial charge in [-0.05, 0) is 25.7 Å². The van der Waals surface area contributed by atoms with E-state index in [0.717, 1.165) is 45.5 Å². The van der Waals surface area contributed by atoms with Gasteiger partial charge in [0.15, 0.2) is 0 Å². The average Bonchev–Trinajstić information content (AvgIpc) is 2.71. The lowest BCUT2D eigenvalue weighted by atomic mass is 9.77. The molecule has 0 aliphatic carbocycles. The van der Waals surface area contributed by atoms with Crippen molar-refractivity contribution in [3.63, 3.8) is 0 Å². The largest absolute Gasteiger partial charge is 0.381 e. The van der Waals surface area contributed by atoms with E-state index in [1.54, 1.807) is 0 Å². The number of hydrogen-bond acceptors (Lipinski definition) is 3. The van der Waals surface area contributed by atoms with Crippen LogP contribution in [0.1, 0.15) is 32.6 Å². The van der Waals surface area contributed by atoms with Crippen LogP contribution in [-0.4, -0.2) is 31.5 Å². The van der Waals surface area contributed by atoms with Crippen LogP contribution < -0.4 is 5.73 Å². The Labute approximate surface area is 85.9 Å². The first-order valence-electron chi connectivity index (χ1n) is 5.74. The molecule has 0 spiro atoms. The lowest BCUT2D eigenvalue weighted by Gasteiger charge is -2.43. The molecule has 82 valence electrons. The van der Waals surface area contributed by atoms with Crippen LogP contribution in [0.5, 0.6) is 0 Å². The summed E-state index contributed by atoms with van der Waals surface area (Å²) in [6.45, 7) is 4.79. The van der Waals surface area contributed by atoms with E-state index in [1.807, 2.05) is 0 Å². The lowest BCUT2D eigenvalue weighted by molar-refractivity contribution is -0.124. The minimum atomic E-state index is 0.0220. The van der Waals surface area contributed by atoms with E-state index < -0.39 is 0 Å². The zero-order valence-electron chi connectivity index (χ0n) is 9.00. The van der Waals surface area contributed by atoms with Gasteiger partial charge in [0.1, 0.15) is 0 Å². The molecule has 0 saturated carbocycles. The molecule has 0 amide bonds. The van der Waals surface area contributed by atoms with Gasteiger partial charge >= 0.3 is 0 Å². The summed E-state index contributed by atoms with van der Waals surface area (Å²) in [6, 6.07) is 0.323. The first-order chi connectivity index (χ1) is 6.77. The van der Waals surface area contributed by atoms with Gasteiger partial charge in [0.05, 0.1) is 12.2 Å². The quantitative estimate of drug-likeness (QED) is 0.729. The van der Waals surface area contributed by atoms with Gasteiger partial charge in [0.2, 0.25) is 0 Å². The zero-order chi connectivity index (χ0) is 10.0. The molecule has 14 heavy (non-hydrogen) atoms. The highest BCUT2D eigenvalue weighted by Crippen LogP contribution is 2.38. The van der Waals surface area contributed by atoms with Gasteiger partial charge in [0, 0.05) is 25.2 Å². The molecule has 2 fully saturated rings. The molecular formula is C11H21NO2. The van der Waals surface area contributed by atoms with E-state index in [-0.39, 0.29) is 5.60 Å². The minimum absolute atomic E-state index is 0.0220. The van der Waals surface area contributed by atoms with Crippen molar-refractivity contribution in [2.24, 2.45) is 11.7 Å².